The lowest BCUT2D eigenvalue weighted by Crippen LogP contribution is -2.31. The summed E-state index contributed by atoms with van der Waals surface area (Å²) in [6.07, 6.45) is 3.49. The molecular weight excluding hydrogens is 300 g/mol. The van der Waals surface area contributed by atoms with Crippen molar-refractivity contribution < 1.29 is 9.59 Å². The van der Waals surface area contributed by atoms with Gasteiger partial charge in [-0.05, 0) is 80.6 Å². The van der Waals surface area contributed by atoms with Crippen molar-refractivity contribution in [1.82, 2.24) is 0 Å². The molecule has 1 atom stereocenters. The SMILES string of the molecule is CC(=O)c1ccc(NC(=O)[C@H](C)Nc2ccc3c(c2)CCC3)cc1. The van der Waals surface area contributed by atoms with E-state index >= 15 is 0 Å². The van der Waals surface area contributed by atoms with E-state index in [9.17, 15) is 9.59 Å². The third-order valence-electron chi connectivity index (χ3n) is 4.43. The number of amides is 1. The van der Waals surface area contributed by atoms with Gasteiger partial charge in [0.1, 0.15) is 6.04 Å². The Labute approximate surface area is 142 Å². The molecule has 0 fully saturated rings. The second-order valence-electron chi connectivity index (χ2n) is 6.33. The summed E-state index contributed by atoms with van der Waals surface area (Å²) >= 11 is 0. The Hall–Kier alpha value is -2.62. The van der Waals surface area contributed by atoms with Gasteiger partial charge in [0, 0.05) is 16.9 Å². The fourth-order valence-electron chi connectivity index (χ4n) is 3.02. The number of anilines is 2. The zero-order valence-electron chi connectivity index (χ0n) is 14.1. The van der Waals surface area contributed by atoms with Gasteiger partial charge < -0.3 is 10.6 Å². The summed E-state index contributed by atoms with van der Waals surface area (Å²) in [5.74, 6) is -0.0920. The van der Waals surface area contributed by atoms with Crippen molar-refractivity contribution >= 4 is 23.1 Å². The van der Waals surface area contributed by atoms with Crippen LogP contribution in [0.1, 0.15) is 41.8 Å². The van der Waals surface area contributed by atoms with Crippen molar-refractivity contribution in [3.8, 4) is 0 Å². The number of fused-ring (bicyclic) bond motifs is 1. The second-order valence-corrected chi connectivity index (χ2v) is 6.33. The molecule has 0 spiro atoms. The molecule has 0 unspecified atom stereocenters. The number of aryl methyl sites for hydroxylation is 2. The summed E-state index contributed by atoms with van der Waals surface area (Å²) < 4.78 is 0. The highest BCUT2D eigenvalue weighted by atomic mass is 16.2. The quantitative estimate of drug-likeness (QED) is 0.823. The Kier molecular flexibility index (Phi) is 4.65. The summed E-state index contributed by atoms with van der Waals surface area (Å²) in [4.78, 5) is 23.6. The van der Waals surface area contributed by atoms with Crippen LogP contribution in [0.15, 0.2) is 42.5 Å². The molecule has 4 heteroatoms. The molecule has 1 aliphatic carbocycles. The molecule has 4 nitrogen and oxygen atoms in total. The standard InChI is InChI=1S/C20H22N2O2/c1-13(21-19-11-8-16-4-3-5-17(16)12-19)20(24)22-18-9-6-15(7-10-18)14(2)23/h6-13,21H,3-5H2,1-2H3,(H,22,24)/t13-/m0/s1. The van der Waals surface area contributed by atoms with Crippen molar-refractivity contribution in [3.63, 3.8) is 0 Å². The molecule has 2 N–H and O–H groups in total. The van der Waals surface area contributed by atoms with Gasteiger partial charge in [0.05, 0.1) is 0 Å². The van der Waals surface area contributed by atoms with Crippen molar-refractivity contribution in [2.24, 2.45) is 0 Å². The fraction of sp³-hybridized carbons (Fsp3) is 0.300. The normalized spacial score (nSPS) is 13.9. The smallest absolute Gasteiger partial charge is 0.246 e. The molecule has 1 aliphatic rings. The number of hydrogen-bond acceptors (Lipinski definition) is 3. The van der Waals surface area contributed by atoms with Gasteiger partial charge in [0.2, 0.25) is 5.91 Å². The van der Waals surface area contributed by atoms with E-state index in [0.29, 0.717) is 11.3 Å². The Morgan fingerprint density at radius 1 is 0.958 bits per heavy atom. The van der Waals surface area contributed by atoms with Gasteiger partial charge in [0.15, 0.2) is 5.78 Å². The topological polar surface area (TPSA) is 58.2 Å². The maximum atomic E-state index is 12.3. The number of ketones is 1. The molecule has 0 radical (unpaired) electrons. The van der Waals surface area contributed by atoms with Gasteiger partial charge in [-0.2, -0.15) is 0 Å². The number of benzene rings is 2. The lowest BCUT2D eigenvalue weighted by Gasteiger charge is -2.16. The van der Waals surface area contributed by atoms with E-state index in [-0.39, 0.29) is 17.7 Å². The van der Waals surface area contributed by atoms with Crippen LogP contribution in [0.25, 0.3) is 0 Å². The van der Waals surface area contributed by atoms with Gasteiger partial charge in [-0.1, -0.05) is 6.07 Å². The minimum Gasteiger partial charge on any atom is -0.374 e. The van der Waals surface area contributed by atoms with Crippen molar-refractivity contribution in [2.45, 2.75) is 39.2 Å². The molecule has 2 aromatic rings. The highest BCUT2D eigenvalue weighted by Crippen LogP contribution is 2.25. The Balaban J connectivity index is 1.61. The number of Topliss-reactive ketones (excluding diaryl/α,β-unsaturated/α-hetero) is 1. The van der Waals surface area contributed by atoms with Crippen LogP contribution in [0.2, 0.25) is 0 Å². The second kappa shape index (κ2) is 6.87. The predicted molar refractivity (Wildman–Crippen MR) is 96.6 cm³/mol. The Bertz CT molecular complexity index is 766. The van der Waals surface area contributed by atoms with Crippen LogP contribution in [0, 0.1) is 0 Å². The summed E-state index contributed by atoms with van der Waals surface area (Å²) in [7, 11) is 0. The van der Waals surface area contributed by atoms with Crippen LogP contribution in [-0.4, -0.2) is 17.7 Å². The third kappa shape index (κ3) is 3.65. The van der Waals surface area contributed by atoms with E-state index in [2.05, 4.69) is 22.8 Å². The van der Waals surface area contributed by atoms with Crippen molar-refractivity contribution in [3.05, 3.63) is 59.2 Å². The molecule has 3 rings (SSSR count). The Morgan fingerprint density at radius 2 is 1.62 bits per heavy atom. The fourth-order valence-corrected chi connectivity index (χ4v) is 3.02. The zero-order chi connectivity index (χ0) is 17.1. The molecule has 0 saturated carbocycles. The minimum absolute atomic E-state index is 0.0134. The Morgan fingerprint density at radius 3 is 2.33 bits per heavy atom. The first-order chi connectivity index (χ1) is 11.5. The monoisotopic (exact) mass is 322 g/mol. The highest BCUT2D eigenvalue weighted by molar-refractivity contribution is 5.97. The zero-order valence-corrected chi connectivity index (χ0v) is 14.1. The largest absolute Gasteiger partial charge is 0.374 e. The molecule has 0 heterocycles. The third-order valence-corrected chi connectivity index (χ3v) is 4.43. The summed E-state index contributed by atoms with van der Waals surface area (Å²) in [6, 6.07) is 12.9. The van der Waals surface area contributed by atoms with Crippen LogP contribution < -0.4 is 10.6 Å². The molecule has 0 bridgehead atoms. The molecule has 2 aromatic carbocycles. The van der Waals surface area contributed by atoms with Crippen molar-refractivity contribution in [1.29, 1.82) is 0 Å². The maximum Gasteiger partial charge on any atom is 0.246 e. The molecule has 0 saturated heterocycles. The first-order valence-electron chi connectivity index (χ1n) is 8.33. The number of rotatable bonds is 5. The molecule has 0 aliphatic heterocycles. The van der Waals surface area contributed by atoms with Crippen LogP contribution in [0.5, 0.6) is 0 Å². The van der Waals surface area contributed by atoms with E-state index in [0.717, 1.165) is 18.5 Å². The molecule has 24 heavy (non-hydrogen) atoms. The minimum atomic E-state index is -0.350. The number of hydrogen-bond donors (Lipinski definition) is 2. The first kappa shape index (κ1) is 16.2. The van der Waals surface area contributed by atoms with Gasteiger partial charge in [-0.3, -0.25) is 9.59 Å². The number of carbonyl (C=O) groups excluding carboxylic acids is 2. The van der Waals surface area contributed by atoms with Crippen LogP contribution in [-0.2, 0) is 17.6 Å². The van der Waals surface area contributed by atoms with E-state index < -0.39 is 0 Å². The van der Waals surface area contributed by atoms with Gasteiger partial charge in [-0.15, -0.1) is 0 Å². The molecule has 124 valence electrons. The van der Waals surface area contributed by atoms with Crippen LogP contribution in [0.4, 0.5) is 11.4 Å². The van der Waals surface area contributed by atoms with E-state index in [1.54, 1.807) is 24.3 Å². The average molecular weight is 322 g/mol. The lowest BCUT2D eigenvalue weighted by atomic mass is 10.1. The van der Waals surface area contributed by atoms with E-state index in [1.165, 1.54) is 24.5 Å². The van der Waals surface area contributed by atoms with Crippen LogP contribution in [0.3, 0.4) is 0 Å². The summed E-state index contributed by atoms with van der Waals surface area (Å²) in [5.41, 5.74) is 5.10. The maximum absolute atomic E-state index is 12.3. The first-order valence-corrected chi connectivity index (χ1v) is 8.33. The highest BCUT2D eigenvalue weighted by Gasteiger charge is 2.15. The molecular formula is C20H22N2O2. The predicted octanol–water partition coefficient (Wildman–Crippen LogP) is 3.82. The van der Waals surface area contributed by atoms with E-state index in [4.69, 9.17) is 0 Å². The van der Waals surface area contributed by atoms with Gasteiger partial charge in [0.25, 0.3) is 0 Å². The number of nitrogens with one attached hydrogen (secondary N) is 2. The summed E-state index contributed by atoms with van der Waals surface area (Å²) in [5, 5.41) is 6.12. The molecule has 1 amide bonds. The van der Waals surface area contributed by atoms with Crippen molar-refractivity contribution in [2.75, 3.05) is 10.6 Å². The lowest BCUT2D eigenvalue weighted by molar-refractivity contribution is -0.116. The average Bonchev–Trinajstić information content (AvgIpc) is 3.03. The van der Waals surface area contributed by atoms with E-state index in [1.807, 2.05) is 13.0 Å². The van der Waals surface area contributed by atoms with Crippen LogP contribution >= 0.6 is 0 Å². The molecule has 0 aromatic heterocycles. The van der Waals surface area contributed by atoms with Gasteiger partial charge in [-0.25, -0.2) is 0 Å². The number of carbonyl (C=O) groups is 2. The van der Waals surface area contributed by atoms with Gasteiger partial charge >= 0.3 is 0 Å². The summed E-state index contributed by atoms with van der Waals surface area (Å²) in [6.45, 7) is 3.36.